The molecule has 218 valence electrons. The number of rotatable bonds is 12. The van der Waals surface area contributed by atoms with Gasteiger partial charge in [0.1, 0.15) is 5.75 Å². The van der Waals surface area contributed by atoms with Crippen LogP contribution >= 0.6 is 0 Å². The number of benzene rings is 4. The van der Waals surface area contributed by atoms with E-state index in [1.54, 1.807) is 18.6 Å². The molecule has 43 heavy (non-hydrogen) atoms. The molecule has 0 aliphatic rings. The summed E-state index contributed by atoms with van der Waals surface area (Å²) >= 11 is 0. The Labute approximate surface area is 250 Å². The van der Waals surface area contributed by atoms with Crippen molar-refractivity contribution >= 4 is 28.2 Å². The number of fused-ring (bicyclic) bond motifs is 1. The molecule has 0 saturated carbocycles. The van der Waals surface area contributed by atoms with Crippen LogP contribution in [0, 0.1) is 0 Å². The molecule has 0 spiro atoms. The van der Waals surface area contributed by atoms with E-state index in [4.69, 9.17) is 9.57 Å². The Balaban J connectivity index is 1.33. The van der Waals surface area contributed by atoms with Gasteiger partial charge in [0.2, 0.25) is 5.88 Å². The van der Waals surface area contributed by atoms with Gasteiger partial charge in [-0.3, -0.25) is 14.3 Å². The molecule has 0 unspecified atom stereocenters. The summed E-state index contributed by atoms with van der Waals surface area (Å²) in [6.45, 7) is 3.12. The third-order valence-corrected chi connectivity index (χ3v) is 6.92. The lowest BCUT2D eigenvalue weighted by Gasteiger charge is -2.24. The van der Waals surface area contributed by atoms with E-state index in [2.05, 4.69) is 44.5 Å². The van der Waals surface area contributed by atoms with Gasteiger partial charge in [0.25, 0.3) is 0 Å². The van der Waals surface area contributed by atoms with E-state index >= 15 is 0 Å². The van der Waals surface area contributed by atoms with Crippen molar-refractivity contribution in [3.63, 3.8) is 0 Å². The number of hydrogen-bond donors (Lipinski definition) is 1. The molecule has 0 aliphatic carbocycles. The minimum Gasteiger partial charge on any atom is -0.497 e. The maximum atomic E-state index is 12.5. The Morgan fingerprint density at radius 1 is 0.837 bits per heavy atom. The molecule has 0 radical (unpaired) electrons. The summed E-state index contributed by atoms with van der Waals surface area (Å²) in [5.41, 5.74) is 4.75. The standard InChI is InChI=1S/C34H33N5O4/c1-25(28-17-19-29(42-2)20-18-28)37-43-23-32(40)35-36-33-30-15-9-10-16-31(30)39(34(33)41)24-38(21-26-11-5-3-6-12-26)22-27-13-7-4-8-14-27/h3-20,41H,21-24H2,1-2H3/b36-35?,37-25-. The molecule has 1 heterocycles. The van der Waals surface area contributed by atoms with Gasteiger partial charge in [0.05, 0.1) is 25.0 Å². The highest BCUT2D eigenvalue weighted by Gasteiger charge is 2.19. The molecule has 0 aliphatic heterocycles. The van der Waals surface area contributed by atoms with Crippen molar-refractivity contribution < 1.29 is 19.5 Å². The van der Waals surface area contributed by atoms with Crippen molar-refractivity contribution in [3.8, 4) is 11.6 Å². The second-order valence-electron chi connectivity index (χ2n) is 9.99. The third kappa shape index (κ3) is 7.52. The zero-order valence-electron chi connectivity index (χ0n) is 24.1. The van der Waals surface area contributed by atoms with Crippen molar-refractivity contribution in [2.75, 3.05) is 13.7 Å². The SMILES string of the molecule is COc1ccc(/C(C)=N\OCC(=O)N=Nc2c(O)n(CN(Cc3ccccc3)Cc3ccccc3)c3ccccc23)cc1. The Hall–Kier alpha value is -5.28. The molecule has 9 heteroatoms. The smallest absolute Gasteiger partial charge is 0.304 e. The minimum atomic E-state index is -0.628. The average molecular weight is 576 g/mol. The van der Waals surface area contributed by atoms with Crippen molar-refractivity contribution in [1.29, 1.82) is 0 Å². The zero-order chi connectivity index (χ0) is 30.0. The van der Waals surface area contributed by atoms with Gasteiger partial charge in [-0.15, -0.1) is 10.2 Å². The first-order valence-corrected chi connectivity index (χ1v) is 13.9. The number of aromatic hydroxyl groups is 1. The Morgan fingerprint density at radius 3 is 2.07 bits per heavy atom. The number of para-hydroxylation sites is 1. The van der Waals surface area contributed by atoms with Crippen LogP contribution in [0.15, 0.2) is 125 Å². The maximum absolute atomic E-state index is 12.5. The topological polar surface area (TPSA) is 101 Å². The number of azo groups is 1. The molecule has 0 saturated heterocycles. The molecule has 5 rings (SSSR count). The van der Waals surface area contributed by atoms with Crippen LogP contribution in [0.5, 0.6) is 11.6 Å². The highest BCUT2D eigenvalue weighted by atomic mass is 16.6. The van der Waals surface area contributed by atoms with E-state index in [1.165, 1.54) is 0 Å². The van der Waals surface area contributed by atoms with E-state index in [0.717, 1.165) is 28.0 Å². The normalized spacial score (nSPS) is 11.8. The van der Waals surface area contributed by atoms with E-state index < -0.39 is 12.5 Å². The highest BCUT2D eigenvalue weighted by Crippen LogP contribution is 2.39. The number of carbonyl (C=O) groups is 1. The van der Waals surface area contributed by atoms with Crippen LogP contribution in [-0.2, 0) is 29.4 Å². The molecule has 1 N–H and O–H groups in total. The summed E-state index contributed by atoms with van der Waals surface area (Å²) in [4.78, 5) is 19.9. The lowest BCUT2D eigenvalue weighted by molar-refractivity contribution is -0.122. The van der Waals surface area contributed by atoms with Gasteiger partial charge in [-0.05, 0) is 53.9 Å². The first kappa shape index (κ1) is 29.2. The van der Waals surface area contributed by atoms with E-state index in [0.29, 0.717) is 30.9 Å². The summed E-state index contributed by atoms with van der Waals surface area (Å²) in [6, 6.07) is 35.3. The summed E-state index contributed by atoms with van der Waals surface area (Å²) < 4.78 is 6.96. The number of oxime groups is 1. The highest BCUT2D eigenvalue weighted by molar-refractivity contribution is 5.98. The third-order valence-electron chi connectivity index (χ3n) is 6.92. The maximum Gasteiger partial charge on any atom is 0.304 e. The van der Waals surface area contributed by atoms with E-state index in [9.17, 15) is 9.90 Å². The molecule has 0 atom stereocenters. The lowest BCUT2D eigenvalue weighted by Crippen LogP contribution is -2.25. The van der Waals surface area contributed by atoms with Crippen LogP contribution < -0.4 is 4.74 Å². The van der Waals surface area contributed by atoms with Gasteiger partial charge in [-0.2, -0.15) is 0 Å². The molecule has 9 nitrogen and oxygen atoms in total. The lowest BCUT2D eigenvalue weighted by atomic mass is 10.1. The molecule has 1 amide bonds. The van der Waals surface area contributed by atoms with Crippen LogP contribution in [-0.4, -0.2) is 39.9 Å². The fourth-order valence-electron chi connectivity index (χ4n) is 4.76. The quantitative estimate of drug-likeness (QED) is 0.0974. The molecule has 0 bridgehead atoms. The predicted molar refractivity (Wildman–Crippen MR) is 166 cm³/mol. The largest absolute Gasteiger partial charge is 0.497 e. The van der Waals surface area contributed by atoms with Crippen molar-refractivity contribution in [1.82, 2.24) is 9.47 Å². The van der Waals surface area contributed by atoms with Gasteiger partial charge in [0.15, 0.2) is 12.3 Å². The van der Waals surface area contributed by atoms with Gasteiger partial charge in [-0.25, -0.2) is 0 Å². The van der Waals surface area contributed by atoms with Crippen LogP contribution in [0.25, 0.3) is 10.9 Å². The van der Waals surface area contributed by atoms with E-state index in [1.807, 2.05) is 84.9 Å². The second kappa shape index (κ2) is 14.1. The second-order valence-corrected chi connectivity index (χ2v) is 9.99. The number of hydrogen-bond acceptors (Lipinski definition) is 7. The summed E-state index contributed by atoms with van der Waals surface area (Å²) in [5.74, 6) is 0.0354. The fraction of sp³-hybridized carbons (Fsp3) is 0.176. The number of carbonyl (C=O) groups excluding carboxylic acids is 1. The number of amides is 1. The predicted octanol–water partition coefficient (Wildman–Crippen LogP) is 7.07. The monoisotopic (exact) mass is 575 g/mol. The molecule has 5 aromatic rings. The first-order valence-electron chi connectivity index (χ1n) is 13.9. The molecule has 1 aromatic heterocycles. The molecular weight excluding hydrogens is 542 g/mol. The van der Waals surface area contributed by atoms with Gasteiger partial charge < -0.3 is 14.7 Å². The van der Waals surface area contributed by atoms with Crippen molar-refractivity contribution in [2.24, 2.45) is 15.4 Å². The fourth-order valence-corrected chi connectivity index (χ4v) is 4.76. The van der Waals surface area contributed by atoms with Gasteiger partial charge in [-0.1, -0.05) is 84.0 Å². The molecule has 0 fully saturated rings. The number of aromatic nitrogens is 1. The first-order chi connectivity index (χ1) is 21.0. The van der Waals surface area contributed by atoms with Crippen LogP contribution in [0.4, 0.5) is 5.69 Å². The van der Waals surface area contributed by atoms with Crippen molar-refractivity contribution in [2.45, 2.75) is 26.7 Å². The summed E-state index contributed by atoms with van der Waals surface area (Å²) in [6.07, 6.45) is 0. The number of nitrogens with zero attached hydrogens (tertiary/aromatic N) is 5. The minimum absolute atomic E-state index is 0.0711. The van der Waals surface area contributed by atoms with Crippen LogP contribution in [0.3, 0.4) is 0 Å². The van der Waals surface area contributed by atoms with Gasteiger partial charge >= 0.3 is 5.91 Å². The summed E-state index contributed by atoms with van der Waals surface area (Å²) in [5, 5.41) is 24.0. The number of methoxy groups -OCH3 is 1. The average Bonchev–Trinajstić information content (AvgIpc) is 3.30. The molecule has 4 aromatic carbocycles. The van der Waals surface area contributed by atoms with Crippen LogP contribution in [0.1, 0.15) is 23.6 Å². The van der Waals surface area contributed by atoms with Gasteiger partial charge in [0, 0.05) is 18.5 Å². The number of ether oxygens (including phenoxy) is 1. The Morgan fingerprint density at radius 2 is 1.44 bits per heavy atom. The Bertz CT molecular complexity index is 1670. The zero-order valence-corrected chi connectivity index (χ0v) is 24.1. The Kier molecular flexibility index (Phi) is 9.56. The summed E-state index contributed by atoms with van der Waals surface area (Å²) in [7, 11) is 1.60. The van der Waals surface area contributed by atoms with E-state index in [-0.39, 0.29) is 11.6 Å². The van der Waals surface area contributed by atoms with Crippen molar-refractivity contribution in [3.05, 3.63) is 126 Å². The van der Waals surface area contributed by atoms with Crippen LogP contribution in [0.2, 0.25) is 0 Å². The molecular formula is C34H33N5O4.